The molecule has 21 heavy (non-hydrogen) atoms. The molecule has 1 amide bonds. The summed E-state index contributed by atoms with van der Waals surface area (Å²) in [6, 6.07) is 9.36. The maximum Gasteiger partial charge on any atom is 0.281 e. The molecule has 0 aromatic heterocycles. The molecule has 2 N–H and O–H groups in total. The Morgan fingerprint density at radius 3 is 2.14 bits per heavy atom. The standard InChI is InChI=1S/C14H21N3O3S/c1-16(2)21(19,20)17-10-8-14(9-11-17,13(15)18)12-6-4-3-5-7-12/h3-7H,8-11H2,1-2H3,(H2,15,18). The molecular formula is C14H21N3O3S. The predicted octanol–water partition coefficient (Wildman–Crippen LogP) is 0.312. The third-order valence-corrected chi connectivity index (χ3v) is 6.10. The van der Waals surface area contributed by atoms with Crippen molar-refractivity contribution in [3.05, 3.63) is 35.9 Å². The number of piperidine rings is 1. The Labute approximate surface area is 125 Å². The molecule has 1 aliphatic heterocycles. The fourth-order valence-corrected chi connectivity index (χ4v) is 3.87. The molecule has 1 heterocycles. The van der Waals surface area contributed by atoms with Gasteiger partial charge >= 0.3 is 0 Å². The number of hydrogen-bond acceptors (Lipinski definition) is 3. The van der Waals surface area contributed by atoms with Gasteiger partial charge in [-0.05, 0) is 18.4 Å². The minimum Gasteiger partial charge on any atom is -0.369 e. The van der Waals surface area contributed by atoms with Gasteiger partial charge in [-0.3, -0.25) is 4.79 Å². The van der Waals surface area contributed by atoms with Crippen LogP contribution in [0.2, 0.25) is 0 Å². The molecule has 1 fully saturated rings. The summed E-state index contributed by atoms with van der Waals surface area (Å²) in [5.74, 6) is -0.393. The molecule has 6 nitrogen and oxygen atoms in total. The average molecular weight is 311 g/mol. The lowest BCUT2D eigenvalue weighted by atomic mass is 9.72. The number of rotatable bonds is 4. The molecule has 0 atom stereocenters. The van der Waals surface area contributed by atoms with Crippen LogP contribution in [0.1, 0.15) is 18.4 Å². The van der Waals surface area contributed by atoms with Crippen LogP contribution in [0, 0.1) is 0 Å². The molecule has 0 radical (unpaired) electrons. The molecule has 2 rings (SSSR count). The number of hydrogen-bond donors (Lipinski definition) is 1. The number of nitrogens with zero attached hydrogens (tertiary/aromatic N) is 2. The second-order valence-electron chi connectivity index (χ2n) is 5.50. The first-order valence-electron chi connectivity index (χ1n) is 6.84. The number of carbonyl (C=O) groups excluding carboxylic acids is 1. The molecule has 1 aromatic carbocycles. The summed E-state index contributed by atoms with van der Waals surface area (Å²) in [4.78, 5) is 12.0. The molecule has 7 heteroatoms. The van der Waals surface area contributed by atoms with Crippen LogP contribution >= 0.6 is 0 Å². The van der Waals surface area contributed by atoms with Gasteiger partial charge in [0.2, 0.25) is 5.91 Å². The van der Waals surface area contributed by atoms with Crippen molar-refractivity contribution >= 4 is 16.1 Å². The summed E-state index contributed by atoms with van der Waals surface area (Å²) in [6.45, 7) is 0.580. The molecule has 0 saturated carbocycles. The number of carbonyl (C=O) groups is 1. The van der Waals surface area contributed by atoms with Gasteiger partial charge in [0.15, 0.2) is 0 Å². The Hall–Kier alpha value is -1.44. The third-order valence-electron chi connectivity index (χ3n) is 4.16. The minimum atomic E-state index is -3.44. The quantitative estimate of drug-likeness (QED) is 0.868. The van der Waals surface area contributed by atoms with Crippen LogP contribution in [0.5, 0.6) is 0 Å². The van der Waals surface area contributed by atoms with Crippen LogP contribution < -0.4 is 5.73 Å². The zero-order chi connectivity index (χ0) is 15.7. The van der Waals surface area contributed by atoms with Crippen molar-refractivity contribution < 1.29 is 13.2 Å². The maximum absolute atomic E-state index is 12.1. The van der Waals surface area contributed by atoms with Gasteiger partial charge in [0, 0.05) is 27.2 Å². The highest BCUT2D eigenvalue weighted by atomic mass is 32.2. The Kier molecular flexibility index (Phi) is 4.36. The Balaban J connectivity index is 2.26. The normalized spacial score (nSPS) is 19.6. The summed E-state index contributed by atoms with van der Waals surface area (Å²) in [7, 11) is -0.439. The van der Waals surface area contributed by atoms with E-state index >= 15 is 0 Å². The van der Waals surface area contributed by atoms with E-state index in [0.717, 1.165) is 5.56 Å². The van der Waals surface area contributed by atoms with Crippen LogP contribution in [-0.2, 0) is 20.4 Å². The number of amides is 1. The Morgan fingerprint density at radius 1 is 1.19 bits per heavy atom. The van der Waals surface area contributed by atoms with Crippen molar-refractivity contribution in [1.82, 2.24) is 8.61 Å². The summed E-state index contributed by atoms with van der Waals surface area (Å²) < 4.78 is 26.9. The third kappa shape index (κ3) is 2.81. The highest BCUT2D eigenvalue weighted by Gasteiger charge is 2.43. The van der Waals surface area contributed by atoms with Gasteiger partial charge in [-0.2, -0.15) is 17.0 Å². The first kappa shape index (κ1) is 15.9. The van der Waals surface area contributed by atoms with E-state index in [4.69, 9.17) is 5.73 Å². The average Bonchev–Trinajstić information content (AvgIpc) is 2.47. The summed E-state index contributed by atoms with van der Waals surface area (Å²) >= 11 is 0. The number of benzene rings is 1. The zero-order valence-corrected chi connectivity index (χ0v) is 13.1. The summed E-state index contributed by atoms with van der Waals surface area (Å²) in [6.07, 6.45) is 0.804. The van der Waals surface area contributed by atoms with Crippen LogP contribution in [0.4, 0.5) is 0 Å². The fraction of sp³-hybridized carbons (Fsp3) is 0.500. The van der Waals surface area contributed by atoms with Crippen LogP contribution in [0.3, 0.4) is 0 Å². The van der Waals surface area contributed by atoms with Gasteiger partial charge in [-0.1, -0.05) is 30.3 Å². The van der Waals surface area contributed by atoms with E-state index in [-0.39, 0.29) is 0 Å². The van der Waals surface area contributed by atoms with Crippen molar-refractivity contribution in [2.24, 2.45) is 5.73 Å². The van der Waals surface area contributed by atoms with E-state index in [0.29, 0.717) is 25.9 Å². The lowest BCUT2D eigenvalue weighted by molar-refractivity contribution is -0.125. The van der Waals surface area contributed by atoms with E-state index in [1.807, 2.05) is 30.3 Å². The fourth-order valence-electron chi connectivity index (χ4n) is 2.76. The van der Waals surface area contributed by atoms with Gasteiger partial charge in [-0.15, -0.1) is 0 Å². The topological polar surface area (TPSA) is 83.7 Å². The van der Waals surface area contributed by atoms with Crippen LogP contribution in [0.25, 0.3) is 0 Å². The van der Waals surface area contributed by atoms with E-state index in [1.165, 1.54) is 22.7 Å². The highest BCUT2D eigenvalue weighted by Crippen LogP contribution is 2.36. The van der Waals surface area contributed by atoms with Crippen molar-refractivity contribution in [1.29, 1.82) is 0 Å². The molecule has 1 aliphatic rings. The number of nitrogens with two attached hydrogens (primary N) is 1. The molecule has 0 bridgehead atoms. The van der Waals surface area contributed by atoms with Gasteiger partial charge < -0.3 is 5.73 Å². The molecule has 116 valence electrons. The second-order valence-corrected chi connectivity index (χ2v) is 7.64. The van der Waals surface area contributed by atoms with E-state index in [1.54, 1.807) is 0 Å². The first-order valence-corrected chi connectivity index (χ1v) is 8.23. The number of primary amides is 1. The van der Waals surface area contributed by atoms with Crippen molar-refractivity contribution in [3.63, 3.8) is 0 Å². The minimum absolute atomic E-state index is 0.290. The summed E-state index contributed by atoms with van der Waals surface area (Å²) in [5, 5.41) is 0. The maximum atomic E-state index is 12.1. The molecule has 0 spiro atoms. The highest BCUT2D eigenvalue weighted by molar-refractivity contribution is 7.86. The molecule has 0 unspecified atom stereocenters. The molecule has 1 saturated heterocycles. The van der Waals surface area contributed by atoms with Gasteiger partial charge in [0.25, 0.3) is 10.2 Å². The van der Waals surface area contributed by atoms with E-state index in [9.17, 15) is 13.2 Å². The van der Waals surface area contributed by atoms with Crippen molar-refractivity contribution in [3.8, 4) is 0 Å². The monoisotopic (exact) mass is 311 g/mol. The lowest BCUT2D eigenvalue weighted by Crippen LogP contribution is -2.53. The van der Waals surface area contributed by atoms with Gasteiger partial charge in [0.1, 0.15) is 0 Å². The largest absolute Gasteiger partial charge is 0.369 e. The SMILES string of the molecule is CN(C)S(=O)(=O)N1CCC(C(N)=O)(c2ccccc2)CC1. The van der Waals surface area contributed by atoms with Crippen molar-refractivity contribution in [2.45, 2.75) is 18.3 Å². The molecular weight excluding hydrogens is 290 g/mol. The zero-order valence-electron chi connectivity index (χ0n) is 12.3. The Morgan fingerprint density at radius 2 is 1.71 bits per heavy atom. The first-order chi connectivity index (χ1) is 9.80. The predicted molar refractivity (Wildman–Crippen MR) is 80.7 cm³/mol. The van der Waals surface area contributed by atoms with E-state index in [2.05, 4.69) is 0 Å². The van der Waals surface area contributed by atoms with Crippen molar-refractivity contribution in [2.75, 3.05) is 27.2 Å². The summed E-state index contributed by atoms with van der Waals surface area (Å²) in [5.41, 5.74) is 5.71. The second kappa shape index (κ2) is 5.75. The van der Waals surface area contributed by atoms with Gasteiger partial charge in [0.05, 0.1) is 5.41 Å². The Bertz CT molecular complexity index is 606. The smallest absolute Gasteiger partial charge is 0.281 e. The van der Waals surface area contributed by atoms with Crippen LogP contribution in [0.15, 0.2) is 30.3 Å². The molecule has 1 aromatic rings. The lowest BCUT2D eigenvalue weighted by Gasteiger charge is -2.40. The van der Waals surface area contributed by atoms with E-state index < -0.39 is 21.5 Å². The van der Waals surface area contributed by atoms with Crippen LogP contribution in [-0.4, -0.2) is 50.1 Å². The molecule has 0 aliphatic carbocycles. The van der Waals surface area contributed by atoms with Gasteiger partial charge in [-0.25, -0.2) is 0 Å².